The number of nitrogens with zero attached hydrogens (tertiary/aromatic N) is 1. The first-order chi connectivity index (χ1) is 7.15. The van der Waals surface area contributed by atoms with Gasteiger partial charge in [0.2, 0.25) is 0 Å². The second kappa shape index (κ2) is 5.52. The van der Waals surface area contributed by atoms with Crippen molar-refractivity contribution in [2.24, 2.45) is 0 Å². The molecule has 0 spiro atoms. The van der Waals surface area contributed by atoms with Gasteiger partial charge in [-0.2, -0.15) is 0 Å². The van der Waals surface area contributed by atoms with Gasteiger partial charge in [-0.15, -0.1) is 23.2 Å². The number of amides is 1. The number of rotatable bonds is 3. The predicted molar refractivity (Wildman–Crippen MR) is 62.0 cm³/mol. The molecule has 0 aliphatic carbocycles. The predicted octanol–water partition coefficient (Wildman–Crippen LogP) is 1.90. The Morgan fingerprint density at radius 1 is 1.53 bits per heavy atom. The highest BCUT2D eigenvalue weighted by Crippen LogP contribution is 2.16. The second-order valence-electron chi connectivity index (χ2n) is 3.08. The lowest BCUT2D eigenvalue weighted by Gasteiger charge is -2.00. The molecule has 1 rings (SSSR count). The lowest BCUT2D eigenvalue weighted by atomic mass is 10.3. The molecule has 1 aromatic heterocycles. The fourth-order valence-corrected chi connectivity index (χ4v) is 2.02. The molecule has 15 heavy (non-hydrogen) atoms. The summed E-state index contributed by atoms with van der Waals surface area (Å²) >= 11 is 1.43. The van der Waals surface area contributed by atoms with Crippen LogP contribution >= 0.6 is 11.3 Å². The van der Waals surface area contributed by atoms with Crippen LogP contribution in [0.1, 0.15) is 33.7 Å². The van der Waals surface area contributed by atoms with Crippen LogP contribution in [0.25, 0.3) is 0 Å². The molecule has 0 saturated carbocycles. The summed E-state index contributed by atoms with van der Waals surface area (Å²) in [5.41, 5.74) is 0.802. The first-order valence-electron chi connectivity index (χ1n) is 4.77. The molecule has 0 fully saturated rings. The summed E-state index contributed by atoms with van der Waals surface area (Å²) < 4.78 is 0. The average molecular weight is 222 g/mol. The smallest absolute Gasteiger partial charge is 0.263 e. The summed E-state index contributed by atoms with van der Waals surface area (Å²) in [4.78, 5) is 16.6. The van der Waals surface area contributed by atoms with Crippen molar-refractivity contribution in [2.75, 3.05) is 6.54 Å². The molecule has 1 aromatic rings. The lowest BCUT2D eigenvalue weighted by Crippen LogP contribution is -2.23. The van der Waals surface area contributed by atoms with Gasteiger partial charge in [-0.25, -0.2) is 4.98 Å². The van der Waals surface area contributed by atoms with Crippen molar-refractivity contribution in [3.05, 3.63) is 15.6 Å². The highest BCUT2D eigenvalue weighted by atomic mass is 32.1. The third-order valence-corrected chi connectivity index (χ3v) is 2.89. The van der Waals surface area contributed by atoms with E-state index in [9.17, 15) is 4.79 Å². The Morgan fingerprint density at radius 2 is 2.27 bits per heavy atom. The maximum atomic E-state index is 11.7. The number of nitrogens with one attached hydrogen (secondary N) is 1. The zero-order chi connectivity index (χ0) is 11.3. The van der Waals surface area contributed by atoms with E-state index < -0.39 is 0 Å². The van der Waals surface area contributed by atoms with Gasteiger partial charge in [-0.1, -0.05) is 0 Å². The van der Waals surface area contributed by atoms with Crippen molar-refractivity contribution >= 4 is 17.2 Å². The van der Waals surface area contributed by atoms with Crippen LogP contribution in [0.2, 0.25) is 0 Å². The van der Waals surface area contributed by atoms with Crippen LogP contribution in [0.3, 0.4) is 0 Å². The van der Waals surface area contributed by atoms with Crippen molar-refractivity contribution < 1.29 is 4.79 Å². The van der Waals surface area contributed by atoms with E-state index in [0.717, 1.165) is 10.7 Å². The summed E-state index contributed by atoms with van der Waals surface area (Å²) in [6, 6.07) is 0. The lowest BCUT2D eigenvalue weighted by molar-refractivity contribution is 0.0958. The summed E-state index contributed by atoms with van der Waals surface area (Å²) in [7, 11) is 0. The van der Waals surface area contributed by atoms with Gasteiger partial charge in [0.1, 0.15) is 4.88 Å². The molecular formula is C11H14N2OS. The number of hydrogen-bond acceptors (Lipinski definition) is 3. The van der Waals surface area contributed by atoms with Crippen LogP contribution in [0, 0.1) is 25.7 Å². The third kappa shape index (κ3) is 3.37. The van der Waals surface area contributed by atoms with Gasteiger partial charge in [0, 0.05) is 13.0 Å². The Labute approximate surface area is 93.9 Å². The van der Waals surface area contributed by atoms with Gasteiger partial charge in [0.25, 0.3) is 5.91 Å². The Kier molecular flexibility index (Phi) is 4.32. The zero-order valence-corrected chi connectivity index (χ0v) is 9.99. The van der Waals surface area contributed by atoms with Gasteiger partial charge in [-0.05, 0) is 20.8 Å². The summed E-state index contributed by atoms with van der Waals surface area (Å²) in [5.74, 6) is 5.64. The minimum absolute atomic E-state index is 0.0454. The quantitative estimate of drug-likeness (QED) is 0.627. The molecule has 4 heteroatoms. The third-order valence-electron chi connectivity index (χ3n) is 1.82. The van der Waals surface area contributed by atoms with E-state index in [1.165, 1.54) is 11.3 Å². The Morgan fingerprint density at radius 3 is 2.80 bits per heavy atom. The Bertz CT molecular complexity index is 412. The summed E-state index contributed by atoms with van der Waals surface area (Å²) in [6.07, 6.45) is 0.694. The van der Waals surface area contributed by atoms with Crippen molar-refractivity contribution in [3.8, 4) is 11.8 Å². The van der Waals surface area contributed by atoms with E-state index >= 15 is 0 Å². The normalized spacial score (nSPS) is 9.27. The van der Waals surface area contributed by atoms with Crippen LogP contribution in [0.4, 0.5) is 0 Å². The van der Waals surface area contributed by atoms with Gasteiger partial charge < -0.3 is 5.32 Å². The fourth-order valence-electron chi connectivity index (χ4n) is 1.19. The van der Waals surface area contributed by atoms with Crippen LogP contribution in [0.15, 0.2) is 0 Å². The van der Waals surface area contributed by atoms with E-state index in [-0.39, 0.29) is 5.91 Å². The van der Waals surface area contributed by atoms with Gasteiger partial charge >= 0.3 is 0 Å². The van der Waals surface area contributed by atoms with Crippen LogP contribution in [-0.2, 0) is 0 Å². The molecule has 0 saturated heterocycles. The van der Waals surface area contributed by atoms with Crippen molar-refractivity contribution in [1.82, 2.24) is 10.3 Å². The number of aromatic nitrogens is 1. The van der Waals surface area contributed by atoms with E-state index in [1.54, 1.807) is 6.92 Å². The molecule has 1 amide bonds. The molecule has 0 bridgehead atoms. The minimum Gasteiger partial charge on any atom is -0.350 e. The van der Waals surface area contributed by atoms with Crippen molar-refractivity contribution in [2.45, 2.75) is 27.2 Å². The molecule has 0 atom stereocenters. The van der Waals surface area contributed by atoms with E-state index in [4.69, 9.17) is 0 Å². The number of carbonyl (C=O) groups excluding carboxylic acids is 1. The standard InChI is InChI=1S/C11H14N2OS/c1-4-5-6-7-12-11(14)10-8(2)13-9(3)15-10/h6-7H2,1-3H3,(H,12,14). The highest BCUT2D eigenvalue weighted by molar-refractivity contribution is 7.13. The second-order valence-corrected chi connectivity index (χ2v) is 4.28. The molecule has 1 heterocycles. The first-order valence-corrected chi connectivity index (χ1v) is 5.58. The Hall–Kier alpha value is -1.34. The Balaban J connectivity index is 2.52. The van der Waals surface area contributed by atoms with Crippen LogP contribution in [-0.4, -0.2) is 17.4 Å². The van der Waals surface area contributed by atoms with Crippen LogP contribution < -0.4 is 5.32 Å². The first kappa shape index (κ1) is 11.7. The van der Waals surface area contributed by atoms with E-state index in [2.05, 4.69) is 22.1 Å². The molecule has 0 radical (unpaired) electrons. The SMILES string of the molecule is CC#CCCNC(=O)c1sc(C)nc1C. The molecule has 80 valence electrons. The molecular weight excluding hydrogens is 208 g/mol. The molecule has 3 nitrogen and oxygen atoms in total. The number of aryl methyl sites for hydroxylation is 2. The highest BCUT2D eigenvalue weighted by Gasteiger charge is 2.12. The van der Waals surface area contributed by atoms with Gasteiger partial charge in [-0.3, -0.25) is 4.79 Å². The maximum Gasteiger partial charge on any atom is 0.263 e. The number of carbonyl (C=O) groups is 1. The fraction of sp³-hybridized carbons (Fsp3) is 0.455. The zero-order valence-electron chi connectivity index (χ0n) is 9.18. The average Bonchev–Trinajstić information content (AvgIpc) is 2.52. The van der Waals surface area contributed by atoms with Crippen molar-refractivity contribution in [3.63, 3.8) is 0 Å². The van der Waals surface area contributed by atoms with E-state index in [0.29, 0.717) is 17.8 Å². The van der Waals surface area contributed by atoms with Crippen LogP contribution in [0.5, 0.6) is 0 Å². The molecule has 0 aliphatic rings. The maximum absolute atomic E-state index is 11.7. The molecule has 0 unspecified atom stereocenters. The van der Waals surface area contributed by atoms with Crippen molar-refractivity contribution in [1.29, 1.82) is 0 Å². The summed E-state index contributed by atoms with van der Waals surface area (Å²) in [6.45, 7) is 6.13. The van der Waals surface area contributed by atoms with Gasteiger partial charge in [0.15, 0.2) is 0 Å². The summed E-state index contributed by atoms with van der Waals surface area (Å²) in [5, 5.41) is 3.74. The number of thiazole rings is 1. The minimum atomic E-state index is -0.0454. The largest absolute Gasteiger partial charge is 0.350 e. The number of hydrogen-bond donors (Lipinski definition) is 1. The van der Waals surface area contributed by atoms with E-state index in [1.807, 2.05) is 13.8 Å². The van der Waals surface area contributed by atoms with Gasteiger partial charge in [0.05, 0.1) is 10.7 Å². The monoisotopic (exact) mass is 222 g/mol. The molecule has 1 N–H and O–H groups in total. The topological polar surface area (TPSA) is 42.0 Å². The molecule has 0 aromatic carbocycles. The molecule has 0 aliphatic heterocycles.